The Bertz CT molecular complexity index is 862. The fraction of sp³-hybridized carbons (Fsp3) is 0.350. The third kappa shape index (κ3) is 7.76. The zero-order chi connectivity index (χ0) is 22.1. The lowest BCUT2D eigenvalue weighted by atomic mass is 10.1. The van der Waals surface area contributed by atoms with Crippen molar-refractivity contribution in [3.05, 3.63) is 46.5 Å². The lowest BCUT2D eigenvalue weighted by molar-refractivity contribution is -0.0504. The van der Waals surface area contributed by atoms with E-state index in [0.717, 1.165) is 5.56 Å². The summed E-state index contributed by atoms with van der Waals surface area (Å²) in [5, 5.41) is 6.58. The SMILES string of the molecule is CN=C(NCc1cc(Cl)ccc1OC(F)F)NCc1c(OC)cc(OC)cc1OC.I. The van der Waals surface area contributed by atoms with Gasteiger partial charge in [0.05, 0.1) is 33.4 Å². The fourth-order valence-electron chi connectivity index (χ4n) is 2.72. The number of guanidine groups is 1. The maximum absolute atomic E-state index is 12.6. The Hall–Kier alpha value is -2.21. The van der Waals surface area contributed by atoms with Crippen LogP contribution in [0.4, 0.5) is 8.78 Å². The van der Waals surface area contributed by atoms with Crippen LogP contribution in [0.15, 0.2) is 35.3 Å². The van der Waals surface area contributed by atoms with Gasteiger partial charge in [-0.3, -0.25) is 4.99 Å². The predicted octanol–water partition coefficient (Wildman–Crippen LogP) is 4.45. The number of rotatable bonds is 9. The van der Waals surface area contributed by atoms with Crippen molar-refractivity contribution in [2.24, 2.45) is 4.99 Å². The molecule has 172 valence electrons. The van der Waals surface area contributed by atoms with Crippen molar-refractivity contribution in [3.63, 3.8) is 0 Å². The molecular weight excluding hydrogens is 547 g/mol. The maximum Gasteiger partial charge on any atom is 0.387 e. The highest BCUT2D eigenvalue weighted by Gasteiger charge is 2.15. The summed E-state index contributed by atoms with van der Waals surface area (Å²) in [6.07, 6.45) is 0. The van der Waals surface area contributed by atoms with Gasteiger partial charge in [0.2, 0.25) is 0 Å². The second-order valence-electron chi connectivity index (χ2n) is 5.92. The normalized spacial score (nSPS) is 10.9. The number of benzene rings is 2. The molecule has 0 fully saturated rings. The maximum atomic E-state index is 12.6. The molecule has 0 aliphatic carbocycles. The number of hydrogen-bond donors (Lipinski definition) is 2. The average molecular weight is 572 g/mol. The van der Waals surface area contributed by atoms with Crippen LogP contribution in [-0.2, 0) is 13.1 Å². The first kappa shape index (κ1) is 26.8. The second kappa shape index (κ2) is 13.3. The van der Waals surface area contributed by atoms with E-state index in [9.17, 15) is 8.78 Å². The number of aliphatic imine (C=N–C) groups is 1. The molecule has 2 aromatic carbocycles. The molecule has 0 spiro atoms. The molecule has 0 bridgehead atoms. The molecule has 0 aliphatic rings. The van der Waals surface area contributed by atoms with Gasteiger partial charge in [-0.1, -0.05) is 11.6 Å². The van der Waals surface area contributed by atoms with Gasteiger partial charge in [-0.25, -0.2) is 0 Å². The standard InChI is InChI=1S/C20H24ClF2N3O4.HI/c1-24-20(25-10-12-7-13(21)5-6-16(12)30-19(22)23)26-11-15-17(28-3)8-14(27-2)9-18(15)29-4;/h5-9,19H,10-11H2,1-4H3,(H2,24,25,26);1H. The minimum Gasteiger partial charge on any atom is -0.496 e. The lowest BCUT2D eigenvalue weighted by Gasteiger charge is -2.18. The molecule has 0 heterocycles. The van der Waals surface area contributed by atoms with Crippen LogP contribution in [0.5, 0.6) is 23.0 Å². The van der Waals surface area contributed by atoms with Crippen LogP contribution in [0.1, 0.15) is 11.1 Å². The third-order valence-corrected chi connectivity index (χ3v) is 4.39. The number of nitrogens with one attached hydrogen (secondary N) is 2. The zero-order valence-corrected chi connectivity index (χ0v) is 20.6. The predicted molar refractivity (Wildman–Crippen MR) is 127 cm³/mol. The lowest BCUT2D eigenvalue weighted by Crippen LogP contribution is -2.36. The molecule has 31 heavy (non-hydrogen) atoms. The Morgan fingerprint density at radius 2 is 1.58 bits per heavy atom. The molecule has 2 rings (SSSR count). The molecule has 11 heteroatoms. The zero-order valence-electron chi connectivity index (χ0n) is 17.5. The number of hydrogen-bond acceptors (Lipinski definition) is 5. The Balaban J connectivity index is 0.00000480. The van der Waals surface area contributed by atoms with Crippen molar-refractivity contribution in [2.75, 3.05) is 28.4 Å². The van der Waals surface area contributed by atoms with Crippen LogP contribution >= 0.6 is 35.6 Å². The van der Waals surface area contributed by atoms with Crippen LogP contribution in [0.2, 0.25) is 5.02 Å². The molecule has 0 amide bonds. The summed E-state index contributed by atoms with van der Waals surface area (Å²) in [6, 6.07) is 7.92. The van der Waals surface area contributed by atoms with Crippen molar-refractivity contribution in [2.45, 2.75) is 19.7 Å². The van der Waals surface area contributed by atoms with Gasteiger partial charge in [0.1, 0.15) is 23.0 Å². The van der Waals surface area contributed by atoms with Crippen LogP contribution < -0.4 is 29.6 Å². The number of alkyl halides is 2. The minimum absolute atomic E-state index is 0. The second-order valence-corrected chi connectivity index (χ2v) is 6.36. The van der Waals surface area contributed by atoms with Crippen LogP contribution in [0.3, 0.4) is 0 Å². The van der Waals surface area contributed by atoms with E-state index < -0.39 is 6.61 Å². The highest BCUT2D eigenvalue weighted by atomic mass is 127. The van der Waals surface area contributed by atoms with Gasteiger partial charge >= 0.3 is 6.61 Å². The molecule has 0 saturated heterocycles. The smallest absolute Gasteiger partial charge is 0.387 e. The summed E-state index contributed by atoms with van der Waals surface area (Å²) in [4.78, 5) is 4.14. The molecule has 0 unspecified atom stereocenters. The largest absolute Gasteiger partial charge is 0.496 e. The Morgan fingerprint density at radius 1 is 0.968 bits per heavy atom. The molecule has 2 N–H and O–H groups in total. The minimum atomic E-state index is -2.93. The van der Waals surface area contributed by atoms with Gasteiger partial charge < -0.3 is 29.6 Å². The summed E-state index contributed by atoms with van der Waals surface area (Å²) in [5.74, 6) is 2.23. The highest BCUT2D eigenvalue weighted by molar-refractivity contribution is 14.0. The summed E-state index contributed by atoms with van der Waals surface area (Å²) in [7, 11) is 6.25. The van der Waals surface area contributed by atoms with Crippen molar-refractivity contribution < 1.29 is 27.7 Å². The Labute approximate surface area is 202 Å². The van der Waals surface area contributed by atoms with E-state index in [0.29, 0.717) is 40.3 Å². The Kier molecular flexibility index (Phi) is 11.5. The first-order valence-corrected chi connectivity index (χ1v) is 9.26. The van der Waals surface area contributed by atoms with E-state index >= 15 is 0 Å². The summed E-state index contributed by atoms with van der Waals surface area (Å²) in [5.41, 5.74) is 1.22. The van der Waals surface area contributed by atoms with Gasteiger partial charge in [0.15, 0.2) is 5.96 Å². The number of halogens is 4. The molecular formula is C20H25ClF2IN3O4. The van der Waals surface area contributed by atoms with Gasteiger partial charge in [-0.2, -0.15) is 8.78 Å². The number of methoxy groups -OCH3 is 3. The van der Waals surface area contributed by atoms with Crippen molar-refractivity contribution in [1.29, 1.82) is 0 Å². The molecule has 0 aromatic heterocycles. The van der Waals surface area contributed by atoms with E-state index in [4.69, 9.17) is 25.8 Å². The van der Waals surface area contributed by atoms with E-state index in [1.807, 2.05) is 0 Å². The van der Waals surface area contributed by atoms with Gasteiger partial charge in [0.25, 0.3) is 0 Å². The first-order chi connectivity index (χ1) is 14.4. The highest BCUT2D eigenvalue weighted by Crippen LogP contribution is 2.33. The summed E-state index contributed by atoms with van der Waals surface area (Å²) >= 11 is 5.98. The third-order valence-electron chi connectivity index (χ3n) is 4.16. The topological polar surface area (TPSA) is 73.3 Å². The average Bonchev–Trinajstić information content (AvgIpc) is 2.74. The van der Waals surface area contributed by atoms with Gasteiger partial charge in [0, 0.05) is 36.3 Å². The molecule has 7 nitrogen and oxygen atoms in total. The van der Waals surface area contributed by atoms with Gasteiger partial charge in [-0.05, 0) is 18.2 Å². The van der Waals surface area contributed by atoms with Crippen molar-refractivity contribution in [3.8, 4) is 23.0 Å². The van der Waals surface area contributed by atoms with Crippen LogP contribution in [-0.4, -0.2) is 40.9 Å². The Morgan fingerprint density at radius 3 is 2.10 bits per heavy atom. The monoisotopic (exact) mass is 571 g/mol. The van der Waals surface area contributed by atoms with Crippen LogP contribution in [0.25, 0.3) is 0 Å². The fourth-order valence-corrected chi connectivity index (χ4v) is 2.92. The first-order valence-electron chi connectivity index (χ1n) is 8.88. The number of nitrogens with zero attached hydrogens (tertiary/aromatic N) is 1. The van der Waals surface area contributed by atoms with Crippen LogP contribution in [0, 0.1) is 0 Å². The summed E-state index contributed by atoms with van der Waals surface area (Å²) in [6.45, 7) is -2.44. The van der Waals surface area contributed by atoms with E-state index in [1.165, 1.54) is 12.1 Å². The van der Waals surface area contributed by atoms with Crippen molar-refractivity contribution in [1.82, 2.24) is 10.6 Å². The summed E-state index contributed by atoms with van der Waals surface area (Å²) < 4.78 is 45.9. The molecule has 2 aromatic rings. The molecule has 0 saturated carbocycles. The quantitative estimate of drug-likeness (QED) is 0.263. The molecule has 0 atom stereocenters. The molecule has 0 aliphatic heterocycles. The van der Waals surface area contributed by atoms with Crippen molar-refractivity contribution >= 4 is 41.5 Å². The van der Waals surface area contributed by atoms with E-state index in [-0.39, 0.29) is 36.3 Å². The van der Waals surface area contributed by atoms with E-state index in [2.05, 4.69) is 20.4 Å². The van der Waals surface area contributed by atoms with E-state index in [1.54, 1.807) is 46.6 Å². The molecule has 0 radical (unpaired) electrons. The number of ether oxygens (including phenoxy) is 4. The van der Waals surface area contributed by atoms with Gasteiger partial charge in [-0.15, -0.1) is 24.0 Å².